The molecule has 4 rings (SSSR count). The molecule has 0 saturated carbocycles. The second-order valence-electron chi connectivity index (χ2n) is 7.16. The highest BCUT2D eigenvalue weighted by molar-refractivity contribution is 6.05. The number of aromatic nitrogens is 1. The van der Waals surface area contributed by atoms with Crippen molar-refractivity contribution < 1.29 is 24.2 Å². The molecule has 7 nitrogen and oxygen atoms in total. The van der Waals surface area contributed by atoms with E-state index in [2.05, 4.69) is 4.98 Å². The van der Waals surface area contributed by atoms with Crippen LogP contribution in [0.1, 0.15) is 27.1 Å². The van der Waals surface area contributed by atoms with Crippen LogP contribution in [0.15, 0.2) is 60.8 Å². The lowest BCUT2D eigenvalue weighted by Gasteiger charge is -2.36. The van der Waals surface area contributed by atoms with Gasteiger partial charge in [0.1, 0.15) is 18.0 Å². The maximum absolute atomic E-state index is 13.0. The first kappa shape index (κ1) is 19.8. The summed E-state index contributed by atoms with van der Waals surface area (Å²) in [6, 6.07) is 16.0. The van der Waals surface area contributed by atoms with Gasteiger partial charge in [0.15, 0.2) is 0 Å². The first-order valence-electron chi connectivity index (χ1n) is 9.73. The fraction of sp³-hybridized carbons (Fsp3) is 0.261. The van der Waals surface area contributed by atoms with Gasteiger partial charge in [-0.1, -0.05) is 18.2 Å². The predicted molar refractivity (Wildman–Crippen MR) is 110 cm³/mol. The van der Waals surface area contributed by atoms with Gasteiger partial charge in [-0.15, -0.1) is 0 Å². The SMILES string of the molecule is COC(=O)c1ccccc1C(=O)N1CC[C@@H](Oc2ccc3cccnc3c2)[C@H](O)C1. The van der Waals surface area contributed by atoms with Gasteiger partial charge in [0.25, 0.3) is 5.91 Å². The molecule has 30 heavy (non-hydrogen) atoms. The monoisotopic (exact) mass is 406 g/mol. The van der Waals surface area contributed by atoms with E-state index in [-0.39, 0.29) is 23.6 Å². The minimum absolute atomic E-state index is 0.116. The Kier molecular flexibility index (Phi) is 5.63. The highest BCUT2D eigenvalue weighted by atomic mass is 16.5. The number of nitrogens with zero attached hydrogens (tertiary/aromatic N) is 2. The number of pyridine rings is 1. The maximum Gasteiger partial charge on any atom is 0.338 e. The molecule has 2 heterocycles. The van der Waals surface area contributed by atoms with Crippen LogP contribution >= 0.6 is 0 Å². The van der Waals surface area contributed by atoms with Gasteiger partial charge >= 0.3 is 5.97 Å². The number of piperidine rings is 1. The molecule has 1 aliphatic rings. The van der Waals surface area contributed by atoms with E-state index in [0.717, 1.165) is 10.9 Å². The molecular formula is C23H22N2O5. The molecule has 0 radical (unpaired) electrons. The van der Waals surface area contributed by atoms with Crippen LogP contribution in [-0.4, -0.2) is 59.3 Å². The van der Waals surface area contributed by atoms with Crippen LogP contribution in [0.25, 0.3) is 10.9 Å². The van der Waals surface area contributed by atoms with E-state index in [1.807, 2.05) is 30.3 Å². The Morgan fingerprint density at radius 3 is 2.67 bits per heavy atom. The third-order valence-corrected chi connectivity index (χ3v) is 5.23. The Bertz CT molecular complexity index is 1080. The van der Waals surface area contributed by atoms with Gasteiger partial charge in [-0.05, 0) is 30.3 Å². The van der Waals surface area contributed by atoms with Crippen LogP contribution < -0.4 is 4.74 Å². The zero-order valence-corrected chi connectivity index (χ0v) is 16.5. The summed E-state index contributed by atoms with van der Waals surface area (Å²) in [4.78, 5) is 30.8. The van der Waals surface area contributed by atoms with Gasteiger partial charge in [0.05, 0.1) is 30.3 Å². The lowest BCUT2D eigenvalue weighted by atomic mass is 10.0. The lowest BCUT2D eigenvalue weighted by molar-refractivity contribution is -0.0199. The van der Waals surface area contributed by atoms with Crippen LogP contribution in [-0.2, 0) is 4.74 Å². The van der Waals surface area contributed by atoms with Crippen LogP contribution in [0, 0.1) is 0 Å². The highest BCUT2D eigenvalue weighted by Gasteiger charge is 2.33. The molecule has 1 amide bonds. The minimum Gasteiger partial charge on any atom is -0.488 e. The number of aliphatic hydroxyl groups excluding tert-OH is 1. The Balaban J connectivity index is 1.45. The second-order valence-corrected chi connectivity index (χ2v) is 7.16. The Morgan fingerprint density at radius 2 is 1.90 bits per heavy atom. The maximum atomic E-state index is 13.0. The third-order valence-electron chi connectivity index (χ3n) is 5.23. The van der Waals surface area contributed by atoms with E-state index in [4.69, 9.17) is 9.47 Å². The van der Waals surface area contributed by atoms with Crippen molar-refractivity contribution in [1.82, 2.24) is 9.88 Å². The van der Waals surface area contributed by atoms with Crippen molar-refractivity contribution in [3.63, 3.8) is 0 Å². The summed E-state index contributed by atoms with van der Waals surface area (Å²) >= 11 is 0. The molecule has 7 heteroatoms. The van der Waals surface area contributed by atoms with E-state index in [9.17, 15) is 14.7 Å². The smallest absolute Gasteiger partial charge is 0.338 e. The van der Waals surface area contributed by atoms with Crippen molar-refractivity contribution in [3.05, 3.63) is 71.9 Å². The third kappa shape index (κ3) is 3.97. The number of ether oxygens (including phenoxy) is 2. The van der Waals surface area contributed by atoms with Gasteiger partial charge in [0.2, 0.25) is 0 Å². The number of amides is 1. The van der Waals surface area contributed by atoms with Gasteiger partial charge in [0, 0.05) is 30.6 Å². The van der Waals surface area contributed by atoms with Gasteiger partial charge in [-0.3, -0.25) is 9.78 Å². The van der Waals surface area contributed by atoms with Crippen molar-refractivity contribution in [2.75, 3.05) is 20.2 Å². The molecule has 0 spiro atoms. The average Bonchev–Trinajstić information content (AvgIpc) is 2.79. The summed E-state index contributed by atoms with van der Waals surface area (Å²) in [7, 11) is 1.28. The number of carbonyl (C=O) groups excluding carboxylic acids is 2. The molecule has 0 bridgehead atoms. The molecule has 0 aliphatic carbocycles. The van der Waals surface area contributed by atoms with Crippen LogP contribution in [0.2, 0.25) is 0 Å². The Morgan fingerprint density at radius 1 is 1.10 bits per heavy atom. The molecule has 1 aliphatic heterocycles. The number of carbonyl (C=O) groups is 2. The molecule has 1 N–H and O–H groups in total. The lowest BCUT2D eigenvalue weighted by Crippen LogP contribution is -2.51. The van der Waals surface area contributed by atoms with Crippen molar-refractivity contribution in [2.24, 2.45) is 0 Å². The largest absolute Gasteiger partial charge is 0.488 e. The first-order valence-corrected chi connectivity index (χ1v) is 9.73. The Labute approximate surface area is 173 Å². The van der Waals surface area contributed by atoms with Crippen LogP contribution in [0.5, 0.6) is 5.75 Å². The number of rotatable bonds is 4. The molecule has 1 aromatic heterocycles. The van der Waals surface area contributed by atoms with Crippen molar-refractivity contribution in [3.8, 4) is 5.75 Å². The predicted octanol–water partition coefficient (Wildman–Crippen LogP) is 2.68. The van der Waals surface area contributed by atoms with E-state index < -0.39 is 18.2 Å². The van der Waals surface area contributed by atoms with Gasteiger partial charge in [-0.2, -0.15) is 0 Å². The first-order chi connectivity index (χ1) is 14.6. The van der Waals surface area contributed by atoms with Gasteiger partial charge in [-0.25, -0.2) is 4.79 Å². The number of aliphatic hydroxyl groups is 1. The number of β-amino-alcohol motifs (C(OH)–C–C–N with tert-alkyl or cyclic N) is 1. The number of benzene rings is 2. The molecule has 0 unspecified atom stereocenters. The van der Waals surface area contributed by atoms with Crippen molar-refractivity contribution in [1.29, 1.82) is 0 Å². The topological polar surface area (TPSA) is 89.0 Å². The fourth-order valence-corrected chi connectivity index (χ4v) is 3.65. The zero-order chi connectivity index (χ0) is 21.1. The van der Waals surface area contributed by atoms with E-state index >= 15 is 0 Å². The molecule has 154 valence electrons. The number of likely N-dealkylation sites (tertiary alicyclic amines) is 1. The quantitative estimate of drug-likeness (QED) is 0.670. The summed E-state index contributed by atoms with van der Waals surface area (Å²) in [5.41, 5.74) is 1.29. The van der Waals surface area contributed by atoms with Crippen molar-refractivity contribution >= 4 is 22.8 Å². The normalized spacial score (nSPS) is 18.8. The zero-order valence-electron chi connectivity index (χ0n) is 16.5. The summed E-state index contributed by atoms with van der Waals surface area (Å²) in [6.45, 7) is 0.521. The highest BCUT2D eigenvalue weighted by Crippen LogP contribution is 2.24. The number of hydrogen-bond acceptors (Lipinski definition) is 6. The minimum atomic E-state index is -0.854. The van der Waals surface area contributed by atoms with Crippen molar-refractivity contribution in [2.45, 2.75) is 18.6 Å². The molecule has 2 aromatic carbocycles. The average molecular weight is 406 g/mol. The van der Waals surface area contributed by atoms with Gasteiger partial charge < -0.3 is 19.5 Å². The number of esters is 1. The number of fused-ring (bicyclic) bond motifs is 1. The second kappa shape index (κ2) is 8.51. The number of methoxy groups -OCH3 is 1. The molecular weight excluding hydrogens is 384 g/mol. The summed E-state index contributed by atoms with van der Waals surface area (Å²) in [5, 5.41) is 11.6. The summed E-state index contributed by atoms with van der Waals surface area (Å²) < 4.78 is 10.8. The summed E-state index contributed by atoms with van der Waals surface area (Å²) in [6.07, 6.45) is 0.892. The number of hydrogen-bond donors (Lipinski definition) is 1. The molecule has 1 saturated heterocycles. The molecule has 1 fully saturated rings. The van der Waals surface area contributed by atoms with E-state index in [1.165, 1.54) is 12.0 Å². The molecule has 3 aromatic rings. The molecule has 2 atom stereocenters. The van der Waals surface area contributed by atoms with Crippen LogP contribution in [0.4, 0.5) is 0 Å². The standard InChI is InChI=1S/C23H22N2O5/c1-29-23(28)18-7-3-2-6-17(18)22(27)25-12-10-21(20(26)14-25)30-16-9-8-15-5-4-11-24-19(15)13-16/h2-9,11,13,20-21,26H,10,12,14H2,1H3/t20-,21-/m1/s1. The van der Waals surface area contributed by atoms with E-state index in [0.29, 0.717) is 18.7 Å². The van der Waals surface area contributed by atoms with Crippen LogP contribution in [0.3, 0.4) is 0 Å². The summed E-state index contributed by atoms with van der Waals surface area (Å²) in [5.74, 6) is -0.257. The van der Waals surface area contributed by atoms with E-state index in [1.54, 1.807) is 30.5 Å². The fourth-order valence-electron chi connectivity index (χ4n) is 3.65. The Hall–Kier alpha value is -3.45.